The van der Waals surface area contributed by atoms with Crippen LogP contribution < -0.4 is 14.8 Å². The fourth-order valence-corrected chi connectivity index (χ4v) is 4.60. The maximum Gasteiger partial charge on any atom is 0.255 e. The van der Waals surface area contributed by atoms with E-state index < -0.39 is 0 Å². The number of aromatic nitrogens is 2. The van der Waals surface area contributed by atoms with Crippen molar-refractivity contribution in [2.75, 3.05) is 34.9 Å². The number of likely N-dealkylation sites (N-methyl/N-ethyl adjacent to an activating group) is 1. The number of methoxy groups -OCH3 is 2. The van der Waals surface area contributed by atoms with E-state index in [-0.39, 0.29) is 11.4 Å². The Balaban J connectivity index is 1.72. The van der Waals surface area contributed by atoms with E-state index in [1.807, 2.05) is 42.5 Å². The van der Waals surface area contributed by atoms with E-state index in [1.54, 1.807) is 31.2 Å². The van der Waals surface area contributed by atoms with Crippen molar-refractivity contribution >= 4 is 5.91 Å². The highest BCUT2D eigenvalue weighted by Crippen LogP contribution is 2.36. The third-order valence-corrected chi connectivity index (χ3v) is 6.70. The van der Waals surface area contributed by atoms with Crippen LogP contribution in [0.5, 0.6) is 11.5 Å². The van der Waals surface area contributed by atoms with Gasteiger partial charge in [0.15, 0.2) is 0 Å². The first-order valence-corrected chi connectivity index (χ1v) is 11.3. The molecule has 7 nitrogen and oxygen atoms in total. The molecule has 0 atom stereocenters. The first-order valence-electron chi connectivity index (χ1n) is 11.3. The van der Waals surface area contributed by atoms with Crippen molar-refractivity contribution in [1.29, 1.82) is 0 Å². The van der Waals surface area contributed by atoms with E-state index >= 15 is 0 Å². The van der Waals surface area contributed by atoms with Crippen LogP contribution in [0.1, 0.15) is 36.0 Å². The fraction of sp³-hybridized carbons (Fsp3) is 0.385. The lowest BCUT2D eigenvalue weighted by atomic mass is 9.95. The van der Waals surface area contributed by atoms with Gasteiger partial charge in [-0.1, -0.05) is 31.0 Å². The number of hydrogen-bond donors (Lipinski definition) is 1. The third-order valence-electron chi connectivity index (χ3n) is 6.70. The van der Waals surface area contributed by atoms with E-state index in [0.717, 1.165) is 24.1 Å². The molecule has 2 aromatic carbocycles. The van der Waals surface area contributed by atoms with Crippen LogP contribution in [0.25, 0.3) is 16.9 Å². The summed E-state index contributed by atoms with van der Waals surface area (Å²) in [6.07, 6.45) is 6.34. The predicted molar refractivity (Wildman–Crippen MR) is 129 cm³/mol. The Morgan fingerprint density at radius 1 is 1.09 bits per heavy atom. The van der Waals surface area contributed by atoms with Crippen LogP contribution in [-0.4, -0.2) is 61.0 Å². The van der Waals surface area contributed by atoms with Crippen LogP contribution in [0.2, 0.25) is 0 Å². The van der Waals surface area contributed by atoms with Crippen molar-refractivity contribution in [3.05, 3.63) is 60.3 Å². The summed E-state index contributed by atoms with van der Waals surface area (Å²) in [5.74, 6) is 1.14. The smallest absolute Gasteiger partial charge is 0.255 e. The summed E-state index contributed by atoms with van der Waals surface area (Å²) >= 11 is 0. The van der Waals surface area contributed by atoms with Gasteiger partial charge in [-0.3, -0.25) is 4.79 Å². The molecule has 1 amide bonds. The van der Waals surface area contributed by atoms with Gasteiger partial charge in [0.05, 0.1) is 25.5 Å². The van der Waals surface area contributed by atoms with Crippen molar-refractivity contribution in [2.24, 2.45) is 0 Å². The highest BCUT2D eigenvalue weighted by molar-refractivity contribution is 6.00. The summed E-state index contributed by atoms with van der Waals surface area (Å²) in [6.45, 7) is 0.606. The second kappa shape index (κ2) is 9.67. The number of benzene rings is 2. The number of para-hydroxylation sites is 1. The minimum Gasteiger partial charge on any atom is -0.497 e. The minimum absolute atomic E-state index is 0.00303. The molecule has 1 fully saturated rings. The molecular formula is C26H32N4O3. The lowest BCUT2D eigenvalue weighted by Crippen LogP contribution is -2.50. The van der Waals surface area contributed by atoms with E-state index in [4.69, 9.17) is 14.6 Å². The van der Waals surface area contributed by atoms with Gasteiger partial charge in [-0.15, -0.1) is 0 Å². The largest absolute Gasteiger partial charge is 0.497 e. The molecule has 4 rings (SSSR count). The number of rotatable bonds is 8. The number of carbonyl (C=O) groups excluding carboxylic acids is 1. The van der Waals surface area contributed by atoms with Crippen LogP contribution in [-0.2, 0) is 0 Å². The summed E-state index contributed by atoms with van der Waals surface area (Å²) < 4.78 is 12.7. The van der Waals surface area contributed by atoms with Gasteiger partial charge in [-0.05, 0) is 51.2 Å². The van der Waals surface area contributed by atoms with Crippen LogP contribution in [0.4, 0.5) is 0 Å². The van der Waals surface area contributed by atoms with Crippen LogP contribution in [0.15, 0.2) is 54.7 Å². The Hall–Kier alpha value is -3.32. The number of ether oxygens (including phenoxy) is 2. The molecule has 1 aliphatic carbocycles. The van der Waals surface area contributed by atoms with Crippen molar-refractivity contribution in [3.63, 3.8) is 0 Å². The second-order valence-electron chi connectivity index (χ2n) is 8.75. The van der Waals surface area contributed by atoms with Crippen LogP contribution >= 0.6 is 0 Å². The molecule has 0 saturated heterocycles. The third kappa shape index (κ3) is 4.59. The van der Waals surface area contributed by atoms with Gasteiger partial charge in [0.25, 0.3) is 5.91 Å². The SMILES string of the molecule is COc1ccc(-c2nn(-c3ccccc3)cc2C(=O)NCC2(N(C)C)CCCC2)c(OC)c1. The maximum absolute atomic E-state index is 13.5. The molecule has 0 radical (unpaired) electrons. The standard InChI is InChI=1S/C26H32N4O3/c1-29(2)26(14-8-9-15-26)18-27-25(31)22-17-30(19-10-6-5-7-11-19)28-24(22)21-13-12-20(32-3)16-23(21)33-4/h5-7,10-13,16-17H,8-9,14-15,18H2,1-4H3,(H,27,31). The number of nitrogens with one attached hydrogen (secondary N) is 1. The van der Waals surface area contributed by atoms with Crippen molar-refractivity contribution < 1.29 is 14.3 Å². The maximum atomic E-state index is 13.5. The van der Waals surface area contributed by atoms with Crippen molar-refractivity contribution in [3.8, 4) is 28.4 Å². The Bertz CT molecular complexity index is 1100. The molecule has 1 N–H and O–H groups in total. The van der Waals surface area contributed by atoms with E-state index in [9.17, 15) is 4.79 Å². The molecule has 1 aliphatic rings. The zero-order chi connectivity index (χ0) is 23.4. The van der Waals surface area contributed by atoms with E-state index in [2.05, 4.69) is 24.3 Å². The number of carbonyl (C=O) groups is 1. The van der Waals surface area contributed by atoms with Crippen LogP contribution in [0.3, 0.4) is 0 Å². The highest BCUT2D eigenvalue weighted by Gasteiger charge is 2.36. The molecule has 7 heteroatoms. The monoisotopic (exact) mass is 448 g/mol. The highest BCUT2D eigenvalue weighted by atomic mass is 16.5. The van der Waals surface area contributed by atoms with E-state index in [0.29, 0.717) is 29.3 Å². The second-order valence-corrected chi connectivity index (χ2v) is 8.75. The minimum atomic E-state index is -0.141. The molecule has 0 spiro atoms. The van der Waals surface area contributed by atoms with Gasteiger partial charge < -0.3 is 19.7 Å². The summed E-state index contributed by atoms with van der Waals surface area (Å²) in [5, 5.41) is 7.99. The number of amides is 1. The van der Waals surface area contributed by atoms with Crippen molar-refractivity contribution in [2.45, 2.75) is 31.2 Å². The molecule has 33 heavy (non-hydrogen) atoms. The first kappa shape index (κ1) is 22.9. The van der Waals surface area contributed by atoms with Gasteiger partial charge in [0.2, 0.25) is 0 Å². The summed E-state index contributed by atoms with van der Waals surface area (Å²) in [5.41, 5.74) is 2.70. The molecule has 1 saturated carbocycles. The molecule has 3 aromatic rings. The van der Waals surface area contributed by atoms with Gasteiger partial charge in [0, 0.05) is 29.9 Å². The summed E-state index contributed by atoms with van der Waals surface area (Å²) in [6, 6.07) is 15.3. The molecule has 0 bridgehead atoms. The average molecular weight is 449 g/mol. The molecule has 0 aliphatic heterocycles. The molecule has 0 unspecified atom stereocenters. The molecule has 174 valence electrons. The summed E-state index contributed by atoms with van der Waals surface area (Å²) in [4.78, 5) is 15.7. The predicted octanol–water partition coefficient (Wildman–Crippen LogP) is 4.16. The zero-order valence-electron chi connectivity index (χ0n) is 19.8. The Kier molecular flexibility index (Phi) is 6.70. The van der Waals surface area contributed by atoms with Gasteiger partial charge in [-0.25, -0.2) is 4.68 Å². The normalized spacial score (nSPS) is 14.9. The molecular weight excluding hydrogens is 416 g/mol. The van der Waals surface area contributed by atoms with E-state index in [1.165, 1.54) is 12.8 Å². The topological polar surface area (TPSA) is 68.6 Å². The Labute approximate surface area is 195 Å². The zero-order valence-corrected chi connectivity index (χ0v) is 19.8. The van der Waals surface area contributed by atoms with Gasteiger partial charge in [0.1, 0.15) is 17.2 Å². The quantitative estimate of drug-likeness (QED) is 0.560. The van der Waals surface area contributed by atoms with Crippen LogP contribution in [0, 0.1) is 0 Å². The van der Waals surface area contributed by atoms with Gasteiger partial charge in [-0.2, -0.15) is 5.10 Å². The lowest BCUT2D eigenvalue weighted by Gasteiger charge is -2.36. The Morgan fingerprint density at radius 3 is 2.45 bits per heavy atom. The lowest BCUT2D eigenvalue weighted by molar-refractivity contribution is 0.0900. The first-order chi connectivity index (χ1) is 16.0. The average Bonchev–Trinajstić information content (AvgIpc) is 3.51. The van der Waals surface area contributed by atoms with Gasteiger partial charge >= 0.3 is 0 Å². The number of nitrogens with zero attached hydrogens (tertiary/aromatic N) is 3. The van der Waals surface area contributed by atoms with Crippen molar-refractivity contribution in [1.82, 2.24) is 20.0 Å². The molecule has 1 aromatic heterocycles. The number of hydrogen-bond acceptors (Lipinski definition) is 5. The Morgan fingerprint density at radius 2 is 1.82 bits per heavy atom. The summed E-state index contributed by atoms with van der Waals surface area (Å²) in [7, 11) is 7.41. The fourth-order valence-electron chi connectivity index (χ4n) is 4.60. The molecule has 1 heterocycles.